The molecular weight excluding hydrogens is 302 g/mol. The lowest BCUT2D eigenvalue weighted by molar-refractivity contribution is -0.384. The molecule has 1 aliphatic heterocycles. The minimum absolute atomic E-state index is 0.0523. The molecule has 0 bridgehead atoms. The third kappa shape index (κ3) is 3.97. The van der Waals surface area contributed by atoms with Gasteiger partial charge < -0.3 is 14.5 Å². The fourth-order valence-electron chi connectivity index (χ4n) is 2.44. The van der Waals surface area contributed by atoms with E-state index in [-0.39, 0.29) is 23.8 Å². The molecule has 1 aromatic rings. The number of benzene rings is 1. The zero-order chi connectivity index (χ0) is 17.0. The molecule has 8 heteroatoms. The number of amides is 1. The van der Waals surface area contributed by atoms with Crippen LogP contribution in [0.3, 0.4) is 0 Å². The van der Waals surface area contributed by atoms with Gasteiger partial charge in [-0.3, -0.25) is 14.9 Å². The van der Waals surface area contributed by atoms with E-state index in [0.29, 0.717) is 18.8 Å². The predicted molar refractivity (Wildman–Crippen MR) is 83.5 cm³/mol. The Morgan fingerprint density at radius 2 is 1.96 bits per heavy atom. The van der Waals surface area contributed by atoms with Crippen molar-refractivity contribution in [1.82, 2.24) is 4.90 Å². The molecule has 8 nitrogen and oxygen atoms in total. The highest BCUT2D eigenvalue weighted by Crippen LogP contribution is 2.27. The van der Waals surface area contributed by atoms with Crippen LogP contribution in [-0.4, -0.2) is 55.5 Å². The number of rotatable bonds is 5. The summed E-state index contributed by atoms with van der Waals surface area (Å²) in [6.07, 6.45) is 1.91. The minimum Gasteiger partial charge on any atom is -0.452 e. The standard InChI is InChI=1S/C15H19N3O5/c1-16(2)12-6-5-11(9-13(12)18(21)22)15(20)23-10-14(19)17-7-3-4-8-17/h5-6,9H,3-4,7-8,10H2,1-2H3. The fourth-order valence-corrected chi connectivity index (χ4v) is 2.44. The molecule has 0 unspecified atom stereocenters. The smallest absolute Gasteiger partial charge is 0.338 e. The summed E-state index contributed by atoms with van der Waals surface area (Å²) < 4.78 is 4.97. The molecule has 0 saturated carbocycles. The Bertz CT molecular complexity index is 624. The number of nitro groups is 1. The first-order valence-corrected chi connectivity index (χ1v) is 7.31. The maximum atomic E-state index is 12.0. The molecule has 0 radical (unpaired) electrons. The number of anilines is 1. The predicted octanol–water partition coefficient (Wildman–Crippen LogP) is 1.44. The number of carbonyl (C=O) groups excluding carboxylic acids is 2. The van der Waals surface area contributed by atoms with E-state index < -0.39 is 10.9 Å². The summed E-state index contributed by atoms with van der Waals surface area (Å²) in [4.78, 5) is 37.6. The fraction of sp³-hybridized carbons (Fsp3) is 0.467. The van der Waals surface area contributed by atoms with Gasteiger partial charge in [0.2, 0.25) is 0 Å². The molecular formula is C15H19N3O5. The first-order valence-electron chi connectivity index (χ1n) is 7.31. The van der Waals surface area contributed by atoms with Crippen LogP contribution in [0.25, 0.3) is 0 Å². The molecule has 2 rings (SSSR count). The van der Waals surface area contributed by atoms with Gasteiger partial charge in [-0.05, 0) is 25.0 Å². The van der Waals surface area contributed by atoms with Gasteiger partial charge in [-0.25, -0.2) is 4.79 Å². The summed E-state index contributed by atoms with van der Waals surface area (Å²) >= 11 is 0. The maximum Gasteiger partial charge on any atom is 0.338 e. The van der Waals surface area contributed by atoms with Crippen molar-refractivity contribution in [3.05, 3.63) is 33.9 Å². The summed E-state index contributed by atoms with van der Waals surface area (Å²) in [5.41, 5.74) is 0.256. The third-order valence-corrected chi connectivity index (χ3v) is 3.68. The van der Waals surface area contributed by atoms with Crippen molar-refractivity contribution in [3.8, 4) is 0 Å². The van der Waals surface area contributed by atoms with Crippen molar-refractivity contribution in [3.63, 3.8) is 0 Å². The SMILES string of the molecule is CN(C)c1ccc(C(=O)OCC(=O)N2CCCC2)cc1[N+](=O)[O-]. The lowest BCUT2D eigenvalue weighted by Gasteiger charge is -2.15. The van der Waals surface area contributed by atoms with Crippen molar-refractivity contribution >= 4 is 23.3 Å². The molecule has 1 amide bonds. The second-order valence-electron chi connectivity index (χ2n) is 5.52. The number of hydrogen-bond donors (Lipinski definition) is 0. The highest BCUT2D eigenvalue weighted by molar-refractivity contribution is 5.93. The van der Waals surface area contributed by atoms with Crippen molar-refractivity contribution in [2.24, 2.45) is 0 Å². The molecule has 1 aliphatic rings. The molecule has 0 aliphatic carbocycles. The molecule has 124 valence electrons. The van der Waals surface area contributed by atoms with Crippen LogP contribution in [0, 0.1) is 10.1 Å². The van der Waals surface area contributed by atoms with Crippen LogP contribution < -0.4 is 4.90 Å². The first kappa shape index (κ1) is 16.7. The number of hydrogen-bond acceptors (Lipinski definition) is 6. The van der Waals surface area contributed by atoms with Gasteiger partial charge in [0.15, 0.2) is 6.61 Å². The quantitative estimate of drug-likeness (QED) is 0.463. The van der Waals surface area contributed by atoms with E-state index in [9.17, 15) is 19.7 Å². The van der Waals surface area contributed by atoms with Crippen LogP contribution in [0.1, 0.15) is 23.2 Å². The second kappa shape index (κ2) is 7.08. The Labute approximate surface area is 133 Å². The molecule has 1 heterocycles. The van der Waals surface area contributed by atoms with Crippen LogP contribution >= 0.6 is 0 Å². The van der Waals surface area contributed by atoms with Crippen LogP contribution in [0.5, 0.6) is 0 Å². The number of likely N-dealkylation sites (tertiary alicyclic amines) is 1. The monoisotopic (exact) mass is 321 g/mol. The highest BCUT2D eigenvalue weighted by atomic mass is 16.6. The van der Waals surface area contributed by atoms with E-state index in [2.05, 4.69) is 0 Å². The highest BCUT2D eigenvalue weighted by Gasteiger charge is 2.22. The molecule has 0 spiro atoms. The van der Waals surface area contributed by atoms with Gasteiger partial charge in [0.05, 0.1) is 10.5 Å². The summed E-state index contributed by atoms with van der Waals surface area (Å²) in [5, 5.41) is 11.1. The van der Waals surface area contributed by atoms with E-state index in [4.69, 9.17) is 4.74 Å². The second-order valence-corrected chi connectivity index (χ2v) is 5.52. The normalized spacial score (nSPS) is 13.7. The summed E-state index contributed by atoms with van der Waals surface area (Å²) in [6, 6.07) is 4.10. The van der Waals surface area contributed by atoms with Gasteiger partial charge in [0, 0.05) is 33.3 Å². The van der Waals surface area contributed by atoms with Gasteiger partial charge in [-0.15, -0.1) is 0 Å². The van der Waals surface area contributed by atoms with E-state index in [0.717, 1.165) is 18.9 Å². The van der Waals surface area contributed by atoms with Crippen LogP contribution in [0.2, 0.25) is 0 Å². The average molecular weight is 321 g/mol. The third-order valence-electron chi connectivity index (χ3n) is 3.68. The Balaban J connectivity index is 2.05. The van der Waals surface area contributed by atoms with Gasteiger partial charge in [0.1, 0.15) is 5.69 Å². The lowest BCUT2D eigenvalue weighted by Crippen LogP contribution is -2.32. The zero-order valence-electron chi connectivity index (χ0n) is 13.2. The van der Waals surface area contributed by atoms with Crippen LogP contribution in [0.15, 0.2) is 18.2 Å². The van der Waals surface area contributed by atoms with Crippen molar-refractivity contribution in [2.45, 2.75) is 12.8 Å². The number of nitro benzene ring substituents is 1. The summed E-state index contributed by atoms with van der Waals surface area (Å²) in [6.45, 7) is 1.01. The molecule has 0 N–H and O–H groups in total. The Morgan fingerprint density at radius 1 is 1.30 bits per heavy atom. The maximum absolute atomic E-state index is 12.0. The number of ether oxygens (including phenoxy) is 1. The molecule has 23 heavy (non-hydrogen) atoms. The van der Waals surface area contributed by atoms with Crippen LogP contribution in [-0.2, 0) is 9.53 Å². The van der Waals surface area contributed by atoms with Gasteiger partial charge in [-0.1, -0.05) is 0 Å². The Morgan fingerprint density at radius 3 is 2.52 bits per heavy atom. The summed E-state index contributed by atoms with van der Waals surface area (Å²) in [5.74, 6) is -0.985. The van der Waals surface area contributed by atoms with Crippen molar-refractivity contribution in [2.75, 3.05) is 38.7 Å². The summed E-state index contributed by atoms with van der Waals surface area (Å²) in [7, 11) is 3.35. The Kier molecular flexibility index (Phi) is 5.15. The number of nitrogens with zero attached hydrogens (tertiary/aromatic N) is 3. The number of carbonyl (C=O) groups is 2. The van der Waals surface area contributed by atoms with Gasteiger partial charge >= 0.3 is 5.97 Å². The Hall–Kier alpha value is -2.64. The average Bonchev–Trinajstić information content (AvgIpc) is 3.05. The lowest BCUT2D eigenvalue weighted by atomic mass is 10.1. The molecule has 1 fully saturated rings. The topological polar surface area (TPSA) is 93.0 Å². The van der Waals surface area contributed by atoms with E-state index in [1.54, 1.807) is 23.9 Å². The molecule has 1 aromatic carbocycles. The molecule has 1 saturated heterocycles. The first-order chi connectivity index (χ1) is 10.9. The molecule has 0 aromatic heterocycles. The van der Waals surface area contributed by atoms with Crippen molar-refractivity contribution < 1.29 is 19.2 Å². The van der Waals surface area contributed by atoms with Gasteiger partial charge in [0.25, 0.3) is 11.6 Å². The van der Waals surface area contributed by atoms with E-state index >= 15 is 0 Å². The zero-order valence-corrected chi connectivity index (χ0v) is 13.2. The van der Waals surface area contributed by atoms with Gasteiger partial charge in [-0.2, -0.15) is 0 Å². The number of esters is 1. The van der Waals surface area contributed by atoms with Crippen molar-refractivity contribution in [1.29, 1.82) is 0 Å². The van der Waals surface area contributed by atoms with E-state index in [1.165, 1.54) is 12.1 Å². The largest absolute Gasteiger partial charge is 0.452 e. The molecule has 0 atom stereocenters. The minimum atomic E-state index is -0.744. The van der Waals surface area contributed by atoms with Crippen LogP contribution in [0.4, 0.5) is 11.4 Å². The van der Waals surface area contributed by atoms with E-state index in [1.807, 2.05) is 0 Å².